The van der Waals surface area contributed by atoms with Crippen molar-refractivity contribution in [3.8, 4) is 39.8 Å². The molecule has 136 valence electrons. The molecule has 6 nitrogen and oxygen atoms in total. The lowest BCUT2D eigenvalue weighted by Gasteiger charge is -2.09. The van der Waals surface area contributed by atoms with E-state index in [2.05, 4.69) is 10.2 Å². The van der Waals surface area contributed by atoms with Crippen LogP contribution in [-0.4, -0.2) is 33.9 Å². The first kappa shape index (κ1) is 17.2. The van der Waals surface area contributed by atoms with Crippen molar-refractivity contribution in [1.82, 2.24) is 14.6 Å². The van der Waals surface area contributed by atoms with Gasteiger partial charge in [0, 0.05) is 11.2 Å². The van der Waals surface area contributed by atoms with Crippen LogP contribution in [0.25, 0.3) is 28.2 Å². The average Bonchev–Trinajstić information content (AvgIpc) is 3.10. The third-order valence-corrected chi connectivity index (χ3v) is 4.55. The Kier molecular flexibility index (Phi) is 4.33. The summed E-state index contributed by atoms with van der Waals surface area (Å²) in [6.07, 6.45) is 1.92. The maximum absolute atomic E-state index is 10.1. The molecule has 4 aromatic rings. The number of phenolic OH excluding ortho intramolecular Hbond substituents is 1. The Labute approximate surface area is 160 Å². The topological polar surface area (TPSA) is 68.9 Å². The molecule has 27 heavy (non-hydrogen) atoms. The molecule has 0 amide bonds. The van der Waals surface area contributed by atoms with Crippen molar-refractivity contribution in [2.24, 2.45) is 0 Å². The molecule has 0 unspecified atom stereocenters. The van der Waals surface area contributed by atoms with E-state index in [1.807, 2.05) is 34.9 Å². The molecule has 0 fully saturated rings. The molecule has 0 saturated heterocycles. The highest BCUT2D eigenvalue weighted by Crippen LogP contribution is 2.34. The zero-order valence-electron chi connectivity index (χ0n) is 14.7. The van der Waals surface area contributed by atoms with Crippen molar-refractivity contribution < 1.29 is 14.6 Å². The zero-order valence-corrected chi connectivity index (χ0v) is 15.4. The van der Waals surface area contributed by atoms with Crippen LogP contribution in [0.15, 0.2) is 54.7 Å². The minimum atomic E-state index is 0.0819. The predicted molar refractivity (Wildman–Crippen MR) is 104 cm³/mol. The quantitative estimate of drug-likeness (QED) is 0.566. The van der Waals surface area contributed by atoms with Crippen LogP contribution in [0.2, 0.25) is 5.02 Å². The molecule has 0 saturated carbocycles. The van der Waals surface area contributed by atoms with E-state index in [9.17, 15) is 5.11 Å². The lowest BCUT2D eigenvalue weighted by molar-refractivity contribution is 0.373. The summed E-state index contributed by atoms with van der Waals surface area (Å²) in [5, 5.41) is 19.2. The Morgan fingerprint density at radius 1 is 0.889 bits per heavy atom. The number of ether oxygens (including phenoxy) is 2. The molecule has 4 rings (SSSR count). The second kappa shape index (κ2) is 6.81. The van der Waals surface area contributed by atoms with Crippen LogP contribution >= 0.6 is 11.6 Å². The molecule has 2 aromatic carbocycles. The van der Waals surface area contributed by atoms with Gasteiger partial charge in [-0.3, -0.25) is 4.40 Å². The van der Waals surface area contributed by atoms with Gasteiger partial charge in [0.15, 0.2) is 23.0 Å². The molecular weight excluding hydrogens is 366 g/mol. The molecule has 0 atom stereocenters. The number of aromatic nitrogens is 3. The number of hydrogen-bond donors (Lipinski definition) is 1. The smallest absolute Gasteiger partial charge is 0.172 e. The Balaban J connectivity index is 1.86. The Hall–Kier alpha value is -3.25. The highest BCUT2D eigenvalue weighted by molar-refractivity contribution is 6.30. The van der Waals surface area contributed by atoms with Gasteiger partial charge in [0.05, 0.1) is 19.8 Å². The van der Waals surface area contributed by atoms with Crippen LogP contribution < -0.4 is 9.47 Å². The SMILES string of the molecule is COc1ccc(-c2ccc3nnc(-c4ccc(Cl)cc4OC)n3c2)cc1O. The number of fused-ring (bicyclic) bond motifs is 1. The van der Waals surface area contributed by atoms with Gasteiger partial charge < -0.3 is 14.6 Å². The van der Waals surface area contributed by atoms with Crippen LogP contribution in [0.4, 0.5) is 0 Å². The van der Waals surface area contributed by atoms with Gasteiger partial charge in [-0.15, -0.1) is 10.2 Å². The van der Waals surface area contributed by atoms with E-state index < -0.39 is 0 Å². The molecule has 0 spiro atoms. The number of benzene rings is 2. The van der Waals surface area contributed by atoms with Crippen LogP contribution in [0.5, 0.6) is 17.2 Å². The first-order valence-corrected chi connectivity index (χ1v) is 8.54. The molecule has 0 aliphatic heterocycles. The van der Waals surface area contributed by atoms with Crippen LogP contribution in [-0.2, 0) is 0 Å². The molecule has 2 heterocycles. The van der Waals surface area contributed by atoms with E-state index >= 15 is 0 Å². The zero-order chi connectivity index (χ0) is 19.0. The second-order valence-electron chi connectivity index (χ2n) is 5.90. The van der Waals surface area contributed by atoms with Crippen molar-refractivity contribution in [2.75, 3.05) is 14.2 Å². The maximum Gasteiger partial charge on any atom is 0.172 e. The summed E-state index contributed by atoms with van der Waals surface area (Å²) < 4.78 is 12.4. The van der Waals surface area contributed by atoms with E-state index in [0.717, 1.165) is 16.7 Å². The van der Waals surface area contributed by atoms with E-state index in [1.54, 1.807) is 31.4 Å². The molecule has 1 N–H and O–H groups in total. The Bertz CT molecular complexity index is 1140. The number of methoxy groups -OCH3 is 2. The van der Waals surface area contributed by atoms with Crippen molar-refractivity contribution in [2.45, 2.75) is 0 Å². The van der Waals surface area contributed by atoms with Crippen molar-refractivity contribution in [3.05, 3.63) is 59.8 Å². The van der Waals surface area contributed by atoms with E-state index in [1.165, 1.54) is 7.11 Å². The number of halogens is 1. The van der Waals surface area contributed by atoms with Gasteiger partial charge in [-0.1, -0.05) is 17.7 Å². The van der Waals surface area contributed by atoms with Gasteiger partial charge >= 0.3 is 0 Å². The monoisotopic (exact) mass is 381 g/mol. The normalized spacial score (nSPS) is 10.9. The first-order valence-electron chi connectivity index (χ1n) is 8.17. The standard InChI is InChI=1S/C20H16ClN3O3/c1-26-17-7-3-12(9-16(17)25)13-4-8-19-22-23-20(24(19)11-13)15-6-5-14(21)10-18(15)27-2/h3-11,25H,1-2H3. The second-order valence-corrected chi connectivity index (χ2v) is 6.34. The fourth-order valence-corrected chi connectivity index (χ4v) is 3.13. The fourth-order valence-electron chi connectivity index (χ4n) is 2.96. The van der Waals surface area contributed by atoms with Gasteiger partial charge in [-0.25, -0.2) is 0 Å². The maximum atomic E-state index is 10.1. The van der Waals surface area contributed by atoms with Gasteiger partial charge in [-0.05, 0) is 53.6 Å². The molecule has 0 radical (unpaired) electrons. The van der Waals surface area contributed by atoms with Gasteiger partial charge in [-0.2, -0.15) is 0 Å². The summed E-state index contributed by atoms with van der Waals surface area (Å²) in [7, 11) is 3.10. The summed E-state index contributed by atoms with van der Waals surface area (Å²) in [5.74, 6) is 1.76. The third kappa shape index (κ3) is 3.04. The summed E-state index contributed by atoms with van der Waals surface area (Å²) in [5.41, 5.74) is 3.22. The number of pyridine rings is 1. The van der Waals surface area contributed by atoms with Gasteiger partial charge in [0.2, 0.25) is 0 Å². The predicted octanol–water partition coefficient (Wildman–Crippen LogP) is 4.44. The van der Waals surface area contributed by atoms with E-state index in [-0.39, 0.29) is 5.75 Å². The van der Waals surface area contributed by atoms with E-state index in [4.69, 9.17) is 21.1 Å². The number of aromatic hydroxyl groups is 1. The first-order chi connectivity index (χ1) is 13.1. The average molecular weight is 382 g/mol. The highest BCUT2D eigenvalue weighted by Gasteiger charge is 2.14. The van der Waals surface area contributed by atoms with Crippen molar-refractivity contribution in [3.63, 3.8) is 0 Å². The highest BCUT2D eigenvalue weighted by atomic mass is 35.5. The molecule has 0 aliphatic rings. The molecule has 2 aromatic heterocycles. The number of hydrogen-bond acceptors (Lipinski definition) is 5. The summed E-state index contributed by atoms with van der Waals surface area (Å²) in [6, 6.07) is 14.4. The fraction of sp³-hybridized carbons (Fsp3) is 0.100. The minimum Gasteiger partial charge on any atom is -0.504 e. The van der Waals surface area contributed by atoms with Crippen molar-refractivity contribution >= 4 is 17.2 Å². The summed E-state index contributed by atoms with van der Waals surface area (Å²) in [4.78, 5) is 0. The molecule has 0 bridgehead atoms. The van der Waals surface area contributed by atoms with Crippen LogP contribution in [0.1, 0.15) is 0 Å². The van der Waals surface area contributed by atoms with Crippen molar-refractivity contribution in [1.29, 1.82) is 0 Å². The van der Waals surface area contributed by atoms with Crippen LogP contribution in [0.3, 0.4) is 0 Å². The minimum absolute atomic E-state index is 0.0819. The van der Waals surface area contributed by atoms with Crippen LogP contribution in [0, 0.1) is 0 Å². The van der Waals surface area contributed by atoms with Gasteiger partial charge in [0.25, 0.3) is 0 Å². The van der Waals surface area contributed by atoms with E-state index in [0.29, 0.717) is 28.0 Å². The number of rotatable bonds is 4. The number of nitrogens with zero attached hydrogens (tertiary/aromatic N) is 3. The summed E-state index contributed by atoms with van der Waals surface area (Å²) in [6.45, 7) is 0. The lowest BCUT2D eigenvalue weighted by atomic mass is 10.1. The lowest BCUT2D eigenvalue weighted by Crippen LogP contribution is -1.94. The molecule has 7 heteroatoms. The number of phenols is 1. The molecule has 0 aliphatic carbocycles. The third-order valence-electron chi connectivity index (χ3n) is 4.32. The Morgan fingerprint density at radius 3 is 2.41 bits per heavy atom. The largest absolute Gasteiger partial charge is 0.504 e. The van der Waals surface area contributed by atoms with Gasteiger partial charge in [0.1, 0.15) is 5.75 Å². The molecular formula is C20H16ClN3O3. The Morgan fingerprint density at radius 2 is 1.67 bits per heavy atom. The summed E-state index contributed by atoms with van der Waals surface area (Å²) >= 11 is 6.06.